The monoisotopic (exact) mass is 460 g/mol. The molecular weight excluding hydrogens is 441 g/mol. The van der Waals surface area contributed by atoms with Gasteiger partial charge < -0.3 is 10.6 Å². The van der Waals surface area contributed by atoms with Crippen molar-refractivity contribution >= 4 is 28.0 Å². The zero-order valence-corrected chi connectivity index (χ0v) is 17.8. The predicted octanol–water partition coefficient (Wildman–Crippen LogP) is 4.17. The molecule has 0 spiro atoms. The molecule has 32 heavy (non-hydrogen) atoms. The summed E-state index contributed by atoms with van der Waals surface area (Å²) in [6.45, 7) is 1.41. The summed E-state index contributed by atoms with van der Waals surface area (Å²) in [5.74, 6) is -0.684. The first kappa shape index (κ1) is 21.8. The van der Waals surface area contributed by atoms with Gasteiger partial charge in [0.1, 0.15) is 17.2 Å². The van der Waals surface area contributed by atoms with Gasteiger partial charge in [0.15, 0.2) is 0 Å². The lowest BCUT2D eigenvalue weighted by Crippen LogP contribution is -2.34. The van der Waals surface area contributed by atoms with Crippen LogP contribution in [0.1, 0.15) is 12.5 Å². The van der Waals surface area contributed by atoms with E-state index in [0.717, 1.165) is 33.5 Å². The molecule has 0 unspecified atom stereocenters. The second-order valence-electron chi connectivity index (χ2n) is 7.00. The highest BCUT2D eigenvalue weighted by Crippen LogP contribution is 2.29. The number of fused-ring (bicyclic) bond motifs is 1. The first-order valence-corrected chi connectivity index (χ1v) is 10.6. The number of amides is 1. The van der Waals surface area contributed by atoms with Crippen molar-refractivity contribution in [3.8, 4) is 21.8 Å². The number of carbonyl (C=O) groups is 1. The van der Waals surface area contributed by atoms with Gasteiger partial charge in [0.05, 0.1) is 18.3 Å². The number of anilines is 1. The summed E-state index contributed by atoms with van der Waals surface area (Å²) >= 11 is 1.46. The van der Waals surface area contributed by atoms with E-state index in [-0.39, 0.29) is 6.42 Å². The Balaban J connectivity index is 1.55. The number of nitrogens with one attached hydrogen (secondary N) is 2. The molecule has 0 saturated heterocycles. The molecule has 0 saturated carbocycles. The third-order valence-electron chi connectivity index (χ3n) is 4.59. The fourth-order valence-corrected chi connectivity index (χ4v) is 3.98. The van der Waals surface area contributed by atoms with E-state index < -0.39 is 18.6 Å². The van der Waals surface area contributed by atoms with Crippen LogP contribution >= 0.6 is 11.3 Å². The minimum absolute atomic E-state index is 0.143. The summed E-state index contributed by atoms with van der Waals surface area (Å²) in [4.78, 5) is 16.3. The van der Waals surface area contributed by atoms with Gasteiger partial charge in [-0.1, -0.05) is 29.5 Å². The van der Waals surface area contributed by atoms with E-state index in [1.165, 1.54) is 11.3 Å². The smallest absolute Gasteiger partial charge is 0.360 e. The molecular formula is C21H19F3N6OS. The van der Waals surface area contributed by atoms with Crippen LogP contribution in [0.25, 0.3) is 27.5 Å². The van der Waals surface area contributed by atoms with Crippen molar-refractivity contribution in [3.63, 3.8) is 0 Å². The summed E-state index contributed by atoms with van der Waals surface area (Å²) in [7, 11) is 0. The average Bonchev–Trinajstić information content (AvgIpc) is 3.39. The molecule has 166 valence electrons. The number of alkyl halides is 3. The Morgan fingerprint density at radius 3 is 2.78 bits per heavy atom. The molecule has 1 amide bonds. The average molecular weight is 460 g/mol. The van der Waals surface area contributed by atoms with Crippen LogP contribution in [0.3, 0.4) is 0 Å². The van der Waals surface area contributed by atoms with Crippen molar-refractivity contribution in [1.29, 1.82) is 0 Å². The lowest BCUT2D eigenvalue weighted by Gasteiger charge is -2.09. The highest BCUT2D eigenvalue weighted by Gasteiger charge is 2.27. The number of rotatable bonds is 7. The molecule has 1 aromatic carbocycles. The van der Waals surface area contributed by atoms with Gasteiger partial charge in [-0.3, -0.25) is 9.20 Å². The van der Waals surface area contributed by atoms with Gasteiger partial charge in [0.2, 0.25) is 11.0 Å². The van der Waals surface area contributed by atoms with Gasteiger partial charge in [-0.05, 0) is 30.7 Å². The molecule has 3 aromatic heterocycles. The van der Waals surface area contributed by atoms with Crippen LogP contribution in [0.2, 0.25) is 0 Å². The van der Waals surface area contributed by atoms with Crippen molar-refractivity contribution in [1.82, 2.24) is 24.9 Å². The Bertz CT molecular complexity index is 1250. The normalized spacial score (nSPS) is 11.6. The third kappa shape index (κ3) is 5.05. The molecule has 3 heterocycles. The minimum Gasteiger partial charge on any atom is -0.360 e. The number of hydrogen-bond donors (Lipinski definition) is 2. The number of imidazole rings is 1. The number of carbonyl (C=O) groups excluding carboxylic acids is 1. The number of aromatic nitrogens is 4. The maximum Gasteiger partial charge on any atom is 0.405 e. The molecule has 4 aromatic rings. The molecule has 0 radical (unpaired) electrons. The molecule has 2 N–H and O–H groups in total. The van der Waals surface area contributed by atoms with Crippen LogP contribution in [0.4, 0.5) is 18.3 Å². The van der Waals surface area contributed by atoms with Crippen LogP contribution in [-0.4, -0.2) is 44.8 Å². The van der Waals surface area contributed by atoms with E-state index in [9.17, 15) is 18.0 Å². The molecule has 0 bridgehead atoms. The first-order chi connectivity index (χ1) is 15.3. The molecule has 0 aliphatic carbocycles. The maximum atomic E-state index is 12.3. The van der Waals surface area contributed by atoms with Crippen LogP contribution in [0.15, 0.2) is 48.8 Å². The van der Waals surface area contributed by atoms with E-state index in [2.05, 4.69) is 20.5 Å². The molecule has 11 heteroatoms. The van der Waals surface area contributed by atoms with Crippen molar-refractivity contribution < 1.29 is 18.0 Å². The molecule has 0 aliphatic rings. The quantitative estimate of drug-likeness (QED) is 0.433. The molecule has 0 fully saturated rings. The molecule has 7 nitrogen and oxygen atoms in total. The van der Waals surface area contributed by atoms with Gasteiger partial charge >= 0.3 is 6.18 Å². The molecule has 0 atom stereocenters. The number of halogens is 3. The highest BCUT2D eigenvalue weighted by molar-refractivity contribution is 7.18. The minimum atomic E-state index is -4.43. The van der Waals surface area contributed by atoms with Gasteiger partial charge in [0, 0.05) is 23.9 Å². The summed E-state index contributed by atoms with van der Waals surface area (Å²) in [6.07, 6.45) is -0.984. The Morgan fingerprint density at radius 2 is 2.00 bits per heavy atom. The highest BCUT2D eigenvalue weighted by atomic mass is 32.1. The lowest BCUT2D eigenvalue weighted by molar-refractivity contribution is -0.138. The van der Waals surface area contributed by atoms with Gasteiger partial charge in [-0.15, -0.1) is 10.2 Å². The fraction of sp³-hybridized carbons (Fsp3) is 0.238. The van der Waals surface area contributed by atoms with Crippen molar-refractivity contribution in [2.45, 2.75) is 19.5 Å². The molecule has 4 rings (SSSR count). The van der Waals surface area contributed by atoms with Crippen molar-refractivity contribution in [2.24, 2.45) is 0 Å². The fourth-order valence-electron chi connectivity index (χ4n) is 3.18. The Labute approximate surface area is 185 Å². The third-order valence-corrected chi connectivity index (χ3v) is 5.52. The second kappa shape index (κ2) is 8.95. The van der Waals surface area contributed by atoms with Crippen LogP contribution in [-0.2, 0) is 11.2 Å². The summed E-state index contributed by atoms with van der Waals surface area (Å²) < 4.78 is 38.8. The van der Waals surface area contributed by atoms with E-state index in [4.69, 9.17) is 0 Å². The first-order valence-electron chi connectivity index (χ1n) is 9.80. The maximum absolute atomic E-state index is 12.3. The van der Waals surface area contributed by atoms with Crippen molar-refractivity contribution in [3.05, 3.63) is 54.4 Å². The van der Waals surface area contributed by atoms with E-state index in [1.54, 1.807) is 24.4 Å². The topological polar surface area (TPSA) is 84.2 Å². The Morgan fingerprint density at radius 1 is 1.16 bits per heavy atom. The number of nitrogens with zero attached hydrogens (tertiary/aromatic N) is 4. The lowest BCUT2D eigenvalue weighted by atomic mass is 10.1. The standard InChI is InChI=1S/C21H19F3N6OS/c1-2-25-20-29-28-19(32-20)15-6-7-30-16(11-26-17(30)10-15)14-5-3-4-13(8-14)9-18(31)27-12-21(22,23)24/h3-8,10-11H,2,9,12H2,1H3,(H,25,29)(H,27,31). The van der Waals surface area contributed by atoms with Crippen LogP contribution in [0, 0.1) is 0 Å². The van der Waals surface area contributed by atoms with E-state index in [0.29, 0.717) is 11.2 Å². The van der Waals surface area contributed by atoms with Crippen LogP contribution < -0.4 is 10.6 Å². The zero-order chi connectivity index (χ0) is 22.7. The van der Waals surface area contributed by atoms with E-state index >= 15 is 0 Å². The number of benzene rings is 1. The molecule has 0 aliphatic heterocycles. The SMILES string of the molecule is CCNc1nnc(-c2ccn3c(-c4cccc(CC(=O)NCC(F)(F)F)c4)cnc3c2)s1. The zero-order valence-electron chi connectivity index (χ0n) is 17.0. The van der Waals surface area contributed by atoms with Gasteiger partial charge in [0.25, 0.3) is 0 Å². The number of hydrogen-bond acceptors (Lipinski definition) is 6. The van der Waals surface area contributed by atoms with Gasteiger partial charge in [-0.25, -0.2) is 4.98 Å². The van der Waals surface area contributed by atoms with E-state index in [1.807, 2.05) is 41.0 Å². The van der Waals surface area contributed by atoms with Gasteiger partial charge in [-0.2, -0.15) is 13.2 Å². The largest absolute Gasteiger partial charge is 0.405 e. The summed E-state index contributed by atoms with van der Waals surface area (Å²) in [5, 5.41) is 14.9. The summed E-state index contributed by atoms with van der Waals surface area (Å²) in [6, 6.07) is 10.9. The predicted molar refractivity (Wildman–Crippen MR) is 116 cm³/mol. The van der Waals surface area contributed by atoms with Crippen molar-refractivity contribution in [2.75, 3.05) is 18.4 Å². The van der Waals surface area contributed by atoms with Crippen LogP contribution in [0.5, 0.6) is 0 Å². The Kier molecular flexibility index (Phi) is 6.08. The number of pyridine rings is 1. The summed E-state index contributed by atoms with van der Waals surface area (Å²) in [5.41, 5.74) is 3.82. The Hall–Kier alpha value is -3.47. The second-order valence-corrected chi connectivity index (χ2v) is 7.98.